The molecular formula is C18H25N5O3S. The van der Waals surface area contributed by atoms with E-state index in [1.54, 1.807) is 18.2 Å². The van der Waals surface area contributed by atoms with E-state index in [2.05, 4.69) is 24.9 Å². The normalized spacial score (nSPS) is 14.4. The molecule has 2 aromatic rings. The third kappa shape index (κ3) is 4.86. The fraction of sp³-hybridized carbons (Fsp3) is 0.444. The van der Waals surface area contributed by atoms with Gasteiger partial charge in [0.2, 0.25) is 16.0 Å². The lowest BCUT2D eigenvalue weighted by atomic mass is 10.3. The van der Waals surface area contributed by atoms with Gasteiger partial charge in [0.1, 0.15) is 16.5 Å². The molecule has 0 atom stereocenters. The van der Waals surface area contributed by atoms with Crippen molar-refractivity contribution in [3.05, 3.63) is 36.0 Å². The van der Waals surface area contributed by atoms with Gasteiger partial charge in [-0.1, -0.05) is 12.1 Å². The number of hydrogen-bond acceptors (Lipinski definition) is 7. The number of anilines is 2. The summed E-state index contributed by atoms with van der Waals surface area (Å²) < 4.78 is 32.6. The second kappa shape index (κ2) is 8.53. The van der Waals surface area contributed by atoms with Crippen molar-refractivity contribution >= 4 is 21.8 Å². The van der Waals surface area contributed by atoms with Crippen LogP contribution >= 0.6 is 0 Å². The molecule has 1 saturated heterocycles. The average Bonchev–Trinajstić information content (AvgIpc) is 3.20. The number of nitrogens with one attached hydrogen (secondary N) is 2. The number of aromatic nitrogens is 2. The van der Waals surface area contributed by atoms with E-state index in [0.29, 0.717) is 18.2 Å². The summed E-state index contributed by atoms with van der Waals surface area (Å²) in [5.74, 6) is 1.74. The Labute approximate surface area is 160 Å². The summed E-state index contributed by atoms with van der Waals surface area (Å²) in [5, 5.41) is 3.09. The Hall–Kier alpha value is -2.39. The standard InChI is InChI=1S/C18H25N5O3S/c1-14-13-17(23-11-5-6-12-23)22-18(21-14)19-9-10-20-27(24,25)16-8-4-3-7-15(16)26-2/h3-4,7-8,13,20H,5-6,9-12H2,1-2H3,(H,19,21,22). The highest BCUT2D eigenvalue weighted by Crippen LogP contribution is 2.22. The van der Waals surface area contributed by atoms with Gasteiger partial charge in [0.25, 0.3) is 0 Å². The van der Waals surface area contributed by atoms with Crippen LogP contribution in [0.25, 0.3) is 0 Å². The van der Waals surface area contributed by atoms with E-state index in [1.807, 2.05) is 13.0 Å². The smallest absolute Gasteiger partial charge is 0.244 e. The molecule has 2 N–H and O–H groups in total. The third-order valence-electron chi connectivity index (χ3n) is 4.33. The van der Waals surface area contributed by atoms with Crippen LogP contribution in [-0.4, -0.2) is 51.7 Å². The molecule has 2 heterocycles. The molecular weight excluding hydrogens is 366 g/mol. The number of hydrogen-bond donors (Lipinski definition) is 2. The average molecular weight is 391 g/mol. The number of para-hydroxylation sites is 1. The molecule has 1 aromatic heterocycles. The highest BCUT2D eigenvalue weighted by atomic mass is 32.2. The molecule has 0 radical (unpaired) electrons. The van der Waals surface area contributed by atoms with Gasteiger partial charge < -0.3 is 15.0 Å². The van der Waals surface area contributed by atoms with Gasteiger partial charge in [-0.3, -0.25) is 0 Å². The van der Waals surface area contributed by atoms with Crippen LogP contribution in [0.3, 0.4) is 0 Å². The van der Waals surface area contributed by atoms with E-state index in [9.17, 15) is 8.42 Å². The molecule has 146 valence electrons. The molecule has 1 aliphatic rings. The van der Waals surface area contributed by atoms with Crippen LogP contribution in [0.5, 0.6) is 5.75 Å². The van der Waals surface area contributed by atoms with Crippen molar-refractivity contribution in [2.45, 2.75) is 24.7 Å². The van der Waals surface area contributed by atoms with Crippen molar-refractivity contribution in [3.63, 3.8) is 0 Å². The maximum atomic E-state index is 12.4. The molecule has 9 heteroatoms. The van der Waals surface area contributed by atoms with Crippen LogP contribution in [0, 0.1) is 6.92 Å². The molecule has 0 bridgehead atoms. The van der Waals surface area contributed by atoms with Crippen molar-refractivity contribution in [2.75, 3.05) is 43.5 Å². The van der Waals surface area contributed by atoms with Gasteiger partial charge in [0.05, 0.1) is 7.11 Å². The van der Waals surface area contributed by atoms with Crippen molar-refractivity contribution in [2.24, 2.45) is 0 Å². The van der Waals surface area contributed by atoms with E-state index < -0.39 is 10.0 Å². The van der Waals surface area contributed by atoms with Crippen molar-refractivity contribution < 1.29 is 13.2 Å². The summed E-state index contributed by atoms with van der Waals surface area (Å²) in [4.78, 5) is 11.3. The third-order valence-corrected chi connectivity index (χ3v) is 5.83. The number of aryl methyl sites for hydroxylation is 1. The zero-order valence-electron chi connectivity index (χ0n) is 15.6. The van der Waals surface area contributed by atoms with E-state index in [0.717, 1.165) is 24.6 Å². The van der Waals surface area contributed by atoms with Gasteiger partial charge in [-0.25, -0.2) is 18.1 Å². The number of ether oxygens (including phenoxy) is 1. The van der Waals surface area contributed by atoms with E-state index in [1.165, 1.54) is 26.0 Å². The SMILES string of the molecule is COc1ccccc1S(=O)(=O)NCCNc1nc(C)cc(N2CCCC2)n1. The molecule has 0 spiro atoms. The van der Waals surface area contributed by atoms with Crippen LogP contribution in [0.1, 0.15) is 18.5 Å². The maximum absolute atomic E-state index is 12.4. The predicted molar refractivity (Wildman–Crippen MR) is 105 cm³/mol. The monoisotopic (exact) mass is 391 g/mol. The molecule has 1 aliphatic heterocycles. The lowest BCUT2D eigenvalue weighted by molar-refractivity contribution is 0.402. The van der Waals surface area contributed by atoms with Crippen LogP contribution in [0.4, 0.5) is 11.8 Å². The Bertz CT molecular complexity index is 882. The molecule has 27 heavy (non-hydrogen) atoms. The number of nitrogens with zero attached hydrogens (tertiary/aromatic N) is 3. The summed E-state index contributed by atoms with van der Waals surface area (Å²) in [5.41, 5.74) is 0.879. The Kier molecular flexibility index (Phi) is 6.12. The minimum absolute atomic E-state index is 0.121. The number of benzene rings is 1. The van der Waals surface area contributed by atoms with Crippen LogP contribution in [-0.2, 0) is 10.0 Å². The Morgan fingerprint density at radius 3 is 2.63 bits per heavy atom. The summed E-state index contributed by atoms with van der Waals surface area (Å²) >= 11 is 0. The zero-order chi connectivity index (χ0) is 19.3. The van der Waals surface area contributed by atoms with E-state index in [-0.39, 0.29) is 11.4 Å². The first-order chi connectivity index (χ1) is 13.0. The number of sulfonamides is 1. The molecule has 3 rings (SSSR count). The van der Waals surface area contributed by atoms with E-state index in [4.69, 9.17) is 4.74 Å². The van der Waals surface area contributed by atoms with Crippen molar-refractivity contribution in [1.82, 2.24) is 14.7 Å². The van der Waals surface area contributed by atoms with Crippen LogP contribution in [0.2, 0.25) is 0 Å². The quantitative estimate of drug-likeness (QED) is 0.662. The zero-order valence-corrected chi connectivity index (χ0v) is 16.4. The van der Waals surface area contributed by atoms with Gasteiger partial charge in [-0.05, 0) is 31.9 Å². The highest BCUT2D eigenvalue weighted by molar-refractivity contribution is 7.89. The molecule has 1 fully saturated rings. The highest BCUT2D eigenvalue weighted by Gasteiger charge is 2.18. The molecule has 0 unspecified atom stereocenters. The molecule has 1 aromatic carbocycles. The predicted octanol–water partition coefficient (Wildman–Crippen LogP) is 1.78. The summed E-state index contributed by atoms with van der Waals surface area (Å²) in [7, 11) is -2.20. The fourth-order valence-electron chi connectivity index (χ4n) is 3.02. The van der Waals surface area contributed by atoms with Gasteiger partial charge in [0.15, 0.2) is 0 Å². The number of methoxy groups -OCH3 is 1. The van der Waals surface area contributed by atoms with E-state index >= 15 is 0 Å². The molecule has 0 aliphatic carbocycles. The number of rotatable bonds is 8. The van der Waals surface area contributed by atoms with Gasteiger partial charge >= 0.3 is 0 Å². The van der Waals surface area contributed by atoms with Crippen molar-refractivity contribution in [3.8, 4) is 5.75 Å². The second-order valence-electron chi connectivity index (χ2n) is 6.36. The summed E-state index contributed by atoms with van der Waals surface area (Å²) in [6.45, 7) is 4.52. The Morgan fingerprint density at radius 2 is 1.89 bits per heavy atom. The Morgan fingerprint density at radius 1 is 1.15 bits per heavy atom. The summed E-state index contributed by atoms with van der Waals surface area (Å²) in [6, 6.07) is 8.50. The fourth-order valence-corrected chi connectivity index (χ4v) is 4.22. The first-order valence-electron chi connectivity index (χ1n) is 8.97. The lowest BCUT2D eigenvalue weighted by Crippen LogP contribution is -2.29. The topological polar surface area (TPSA) is 96.5 Å². The Balaban J connectivity index is 1.58. The largest absolute Gasteiger partial charge is 0.495 e. The maximum Gasteiger partial charge on any atom is 0.244 e. The van der Waals surface area contributed by atoms with Gasteiger partial charge in [-0.15, -0.1) is 0 Å². The first kappa shape index (κ1) is 19.4. The molecule has 0 saturated carbocycles. The minimum Gasteiger partial charge on any atom is -0.495 e. The lowest BCUT2D eigenvalue weighted by Gasteiger charge is -2.17. The van der Waals surface area contributed by atoms with Gasteiger partial charge in [-0.2, -0.15) is 4.98 Å². The summed E-state index contributed by atoms with van der Waals surface area (Å²) in [6.07, 6.45) is 2.35. The molecule has 0 amide bonds. The molecule has 8 nitrogen and oxygen atoms in total. The van der Waals surface area contributed by atoms with Gasteiger partial charge in [0, 0.05) is 37.9 Å². The minimum atomic E-state index is -3.65. The van der Waals surface area contributed by atoms with Crippen LogP contribution in [0.15, 0.2) is 35.2 Å². The first-order valence-corrected chi connectivity index (χ1v) is 10.4. The van der Waals surface area contributed by atoms with Crippen LogP contribution < -0.4 is 19.7 Å². The second-order valence-corrected chi connectivity index (χ2v) is 8.10. The van der Waals surface area contributed by atoms with Crippen molar-refractivity contribution in [1.29, 1.82) is 0 Å².